The van der Waals surface area contributed by atoms with E-state index in [-0.39, 0.29) is 18.9 Å². The van der Waals surface area contributed by atoms with Crippen LogP contribution in [-0.4, -0.2) is 50.8 Å². The number of carbonyl (C=O) groups excluding carboxylic acids is 1. The van der Waals surface area contributed by atoms with Crippen LogP contribution in [-0.2, 0) is 20.3 Å². The predicted molar refractivity (Wildman–Crippen MR) is 80.9 cm³/mol. The molecule has 120 valence electrons. The Balaban J connectivity index is 1.62. The van der Waals surface area contributed by atoms with E-state index in [1.807, 2.05) is 18.2 Å². The van der Waals surface area contributed by atoms with E-state index in [1.54, 1.807) is 4.90 Å². The van der Waals surface area contributed by atoms with Crippen LogP contribution in [0.3, 0.4) is 0 Å². The summed E-state index contributed by atoms with van der Waals surface area (Å²) in [6.07, 6.45) is 0.588. The van der Waals surface area contributed by atoms with Crippen LogP contribution in [0, 0.1) is 0 Å². The quantitative estimate of drug-likeness (QED) is 0.766. The zero-order valence-corrected chi connectivity index (χ0v) is 13.4. The maximum absolute atomic E-state index is 11.8. The van der Waals surface area contributed by atoms with Crippen LogP contribution < -0.4 is 9.47 Å². The Bertz CT molecular complexity index is 690. The van der Waals surface area contributed by atoms with E-state index in [9.17, 15) is 13.2 Å². The highest BCUT2D eigenvalue weighted by Gasteiger charge is 2.36. The Labute approximate surface area is 133 Å². The van der Waals surface area contributed by atoms with Crippen LogP contribution >= 0.6 is 10.7 Å². The van der Waals surface area contributed by atoms with Gasteiger partial charge in [-0.15, -0.1) is 0 Å². The Morgan fingerprint density at radius 1 is 1.23 bits per heavy atom. The third kappa shape index (κ3) is 3.30. The molecule has 2 aliphatic rings. The molecule has 0 N–H and O–H groups in total. The molecule has 8 heteroatoms. The molecular weight excluding hydrogens is 330 g/mol. The van der Waals surface area contributed by atoms with E-state index >= 15 is 0 Å². The molecule has 2 aliphatic heterocycles. The lowest BCUT2D eigenvalue weighted by atomic mass is 10.1. The van der Waals surface area contributed by atoms with Crippen molar-refractivity contribution in [2.45, 2.75) is 18.1 Å². The molecule has 1 aromatic rings. The summed E-state index contributed by atoms with van der Waals surface area (Å²) < 4.78 is 33.6. The maximum Gasteiger partial charge on any atom is 0.237 e. The molecule has 6 nitrogen and oxygen atoms in total. The number of amides is 1. The van der Waals surface area contributed by atoms with Gasteiger partial charge in [0.25, 0.3) is 0 Å². The summed E-state index contributed by atoms with van der Waals surface area (Å²) >= 11 is 0. The van der Waals surface area contributed by atoms with Gasteiger partial charge in [-0.2, -0.15) is 0 Å². The number of halogens is 1. The molecule has 0 saturated carbocycles. The second kappa shape index (κ2) is 5.96. The number of hydrogen-bond donors (Lipinski definition) is 0. The second-order valence-electron chi connectivity index (χ2n) is 5.37. The van der Waals surface area contributed by atoms with Crippen molar-refractivity contribution in [3.05, 3.63) is 23.8 Å². The zero-order chi connectivity index (χ0) is 15.7. The fourth-order valence-electron chi connectivity index (χ4n) is 2.65. The van der Waals surface area contributed by atoms with Gasteiger partial charge >= 0.3 is 0 Å². The Morgan fingerprint density at radius 3 is 2.64 bits per heavy atom. The molecule has 2 heterocycles. The smallest absolute Gasteiger partial charge is 0.237 e. The highest BCUT2D eigenvalue weighted by molar-refractivity contribution is 8.14. The summed E-state index contributed by atoms with van der Waals surface area (Å²) in [5, 5.41) is -0.804. The fourth-order valence-corrected chi connectivity index (χ4v) is 3.71. The number of hydrogen-bond acceptors (Lipinski definition) is 5. The minimum atomic E-state index is -3.69. The summed E-state index contributed by atoms with van der Waals surface area (Å²) in [5.74, 6) is 1.25. The van der Waals surface area contributed by atoms with Crippen LogP contribution in [0.1, 0.15) is 12.0 Å². The molecule has 1 amide bonds. The van der Waals surface area contributed by atoms with Gasteiger partial charge in [0.1, 0.15) is 18.5 Å². The van der Waals surface area contributed by atoms with Gasteiger partial charge in [0.2, 0.25) is 15.0 Å². The first-order valence-corrected chi connectivity index (χ1v) is 9.40. The minimum absolute atomic E-state index is 0.0347. The van der Waals surface area contributed by atoms with Gasteiger partial charge in [-0.3, -0.25) is 4.79 Å². The van der Waals surface area contributed by atoms with Crippen molar-refractivity contribution >= 4 is 25.6 Å². The third-order valence-corrected chi connectivity index (χ3v) is 5.72. The summed E-state index contributed by atoms with van der Waals surface area (Å²) in [6, 6.07) is 5.66. The predicted octanol–water partition coefficient (Wildman–Crippen LogP) is 1.17. The van der Waals surface area contributed by atoms with Crippen molar-refractivity contribution in [3.63, 3.8) is 0 Å². The first-order chi connectivity index (χ1) is 10.4. The molecule has 22 heavy (non-hydrogen) atoms. The number of benzene rings is 1. The zero-order valence-electron chi connectivity index (χ0n) is 11.8. The van der Waals surface area contributed by atoms with E-state index in [4.69, 9.17) is 20.2 Å². The molecule has 3 rings (SSSR count). The number of likely N-dealkylation sites (tertiary alicyclic amines) is 1. The standard InChI is InChI=1S/C14H16ClNO5S/c15-22(18,19)11-8-14(17)16(9-11)4-3-10-1-2-12-13(7-10)21-6-5-20-12/h1-2,7,11H,3-6,8-9H2. The van der Waals surface area contributed by atoms with Crippen molar-refractivity contribution in [1.29, 1.82) is 0 Å². The van der Waals surface area contributed by atoms with Crippen LogP contribution in [0.4, 0.5) is 0 Å². The average Bonchev–Trinajstić information content (AvgIpc) is 2.86. The molecule has 0 radical (unpaired) electrons. The van der Waals surface area contributed by atoms with Gasteiger partial charge in [-0.1, -0.05) is 6.07 Å². The SMILES string of the molecule is O=C1CC(S(=O)(=O)Cl)CN1CCc1ccc2c(c1)OCCO2. The van der Waals surface area contributed by atoms with Crippen LogP contribution in [0.25, 0.3) is 0 Å². The number of rotatable bonds is 4. The summed E-state index contributed by atoms with van der Waals surface area (Å²) in [6.45, 7) is 1.69. The van der Waals surface area contributed by atoms with Crippen LogP contribution in [0.2, 0.25) is 0 Å². The van der Waals surface area contributed by atoms with E-state index in [1.165, 1.54) is 0 Å². The fraction of sp³-hybridized carbons (Fsp3) is 0.500. The summed E-state index contributed by atoms with van der Waals surface area (Å²) in [4.78, 5) is 13.4. The minimum Gasteiger partial charge on any atom is -0.486 e. The van der Waals surface area contributed by atoms with Gasteiger partial charge in [0, 0.05) is 30.2 Å². The highest BCUT2D eigenvalue weighted by atomic mass is 35.7. The van der Waals surface area contributed by atoms with Crippen molar-refractivity contribution in [1.82, 2.24) is 4.90 Å². The lowest BCUT2D eigenvalue weighted by Crippen LogP contribution is -2.29. The van der Waals surface area contributed by atoms with Crippen molar-refractivity contribution in [2.24, 2.45) is 0 Å². The van der Waals surface area contributed by atoms with E-state index in [2.05, 4.69) is 0 Å². The number of fused-ring (bicyclic) bond motifs is 1. The van der Waals surface area contributed by atoms with Gasteiger partial charge in [0.15, 0.2) is 11.5 Å². The van der Waals surface area contributed by atoms with Crippen LogP contribution in [0.5, 0.6) is 11.5 Å². The van der Waals surface area contributed by atoms with Crippen molar-refractivity contribution in [3.8, 4) is 11.5 Å². The molecule has 0 bridgehead atoms. The van der Waals surface area contributed by atoms with E-state index in [0.29, 0.717) is 31.9 Å². The highest BCUT2D eigenvalue weighted by Crippen LogP contribution is 2.31. The first-order valence-electron chi connectivity index (χ1n) is 7.03. The Kier molecular flexibility index (Phi) is 4.18. The third-order valence-electron chi connectivity index (χ3n) is 3.85. The molecule has 0 aromatic heterocycles. The van der Waals surface area contributed by atoms with Gasteiger partial charge < -0.3 is 14.4 Å². The molecule has 1 saturated heterocycles. The maximum atomic E-state index is 11.8. The summed E-state index contributed by atoms with van der Waals surface area (Å²) in [5.41, 5.74) is 1.01. The second-order valence-corrected chi connectivity index (χ2v) is 8.28. The number of ether oxygens (including phenoxy) is 2. The number of nitrogens with zero attached hydrogens (tertiary/aromatic N) is 1. The van der Waals surface area contributed by atoms with Gasteiger partial charge in [-0.05, 0) is 24.1 Å². The van der Waals surface area contributed by atoms with Gasteiger partial charge in [0.05, 0.1) is 0 Å². The molecule has 1 atom stereocenters. The molecule has 0 aliphatic carbocycles. The molecule has 1 unspecified atom stereocenters. The van der Waals surface area contributed by atoms with Gasteiger partial charge in [-0.25, -0.2) is 8.42 Å². The average molecular weight is 346 g/mol. The first kappa shape index (κ1) is 15.4. The van der Waals surface area contributed by atoms with Crippen molar-refractivity contribution in [2.75, 3.05) is 26.3 Å². The largest absolute Gasteiger partial charge is 0.486 e. The molecule has 1 aromatic carbocycles. The topological polar surface area (TPSA) is 72.9 Å². The molecule has 1 fully saturated rings. The Morgan fingerprint density at radius 2 is 1.95 bits per heavy atom. The molecular formula is C14H16ClNO5S. The van der Waals surface area contributed by atoms with E-state index in [0.717, 1.165) is 11.3 Å². The van der Waals surface area contributed by atoms with E-state index < -0.39 is 14.3 Å². The molecule has 0 spiro atoms. The van der Waals surface area contributed by atoms with Crippen LogP contribution in [0.15, 0.2) is 18.2 Å². The lowest BCUT2D eigenvalue weighted by Gasteiger charge is -2.20. The Hall–Kier alpha value is -1.47. The normalized spacial score (nSPS) is 21.2. The van der Waals surface area contributed by atoms with Crippen molar-refractivity contribution < 1.29 is 22.7 Å². The summed E-state index contributed by atoms with van der Waals surface area (Å²) in [7, 11) is 1.64. The monoisotopic (exact) mass is 345 g/mol. The lowest BCUT2D eigenvalue weighted by molar-refractivity contribution is -0.127. The number of carbonyl (C=O) groups is 1.